The molecular formula is C29H40N3O4+. The Kier molecular flexibility index (Phi) is 10.6. The first kappa shape index (κ1) is 27.5. The van der Waals surface area contributed by atoms with E-state index in [2.05, 4.69) is 48.4 Å². The molecule has 0 saturated heterocycles. The van der Waals surface area contributed by atoms with Crippen LogP contribution in [-0.2, 0) is 16.0 Å². The van der Waals surface area contributed by atoms with E-state index in [0.29, 0.717) is 25.6 Å². The van der Waals surface area contributed by atoms with Gasteiger partial charge in [-0.05, 0) is 56.0 Å². The summed E-state index contributed by atoms with van der Waals surface area (Å²) in [4.78, 5) is 38.0. The monoisotopic (exact) mass is 494 g/mol. The number of carbonyl (C=O) groups is 2. The molecule has 0 aromatic heterocycles. The smallest absolute Gasteiger partial charge is 0.303 e. The summed E-state index contributed by atoms with van der Waals surface area (Å²) in [5.41, 5.74) is 4.31. The van der Waals surface area contributed by atoms with Crippen molar-refractivity contribution in [1.82, 2.24) is 10.2 Å². The summed E-state index contributed by atoms with van der Waals surface area (Å²) in [7, 11) is 0. The van der Waals surface area contributed by atoms with E-state index in [0.717, 1.165) is 61.9 Å². The number of aryl methyl sites for hydroxylation is 1. The minimum atomic E-state index is -0.784. The van der Waals surface area contributed by atoms with Gasteiger partial charge in [-0.1, -0.05) is 56.7 Å². The number of carbonyl (C=O) groups excluding carboxylic acids is 1. The van der Waals surface area contributed by atoms with Gasteiger partial charge in [0.25, 0.3) is 0 Å². The molecule has 36 heavy (non-hydrogen) atoms. The Hall–Kier alpha value is -3.06. The van der Waals surface area contributed by atoms with E-state index in [1.165, 1.54) is 16.4 Å². The lowest BCUT2D eigenvalue weighted by molar-refractivity contribution is -0.584. The van der Waals surface area contributed by atoms with Crippen molar-refractivity contribution < 1.29 is 19.5 Å². The van der Waals surface area contributed by atoms with Crippen molar-refractivity contribution in [2.75, 3.05) is 26.2 Å². The first-order valence-electron chi connectivity index (χ1n) is 13.3. The number of hydrogen-bond donors (Lipinski definition) is 2. The molecule has 1 amide bonds. The first-order chi connectivity index (χ1) is 17.4. The SMILES string of the molecule is CCN(CC)C1C=CC(C[N+](=O)C2CCc3cc(/C=C/C(=O)NCCCCCC(=O)O)ccc32)=CC1. The van der Waals surface area contributed by atoms with E-state index in [-0.39, 0.29) is 18.4 Å². The van der Waals surface area contributed by atoms with Crippen LogP contribution in [0.4, 0.5) is 0 Å². The second kappa shape index (κ2) is 13.9. The van der Waals surface area contributed by atoms with Gasteiger partial charge in [0.05, 0.1) is 0 Å². The van der Waals surface area contributed by atoms with Crippen LogP contribution in [-0.4, -0.2) is 58.9 Å². The standard InChI is InChI=1S/C29H39N3O4/c1-3-31(4-2)25-14-9-23(10-15-25)21-32(36)27-17-13-24-20-22(11-16-26(24)27)12-18-28(33)30-19-7-5-6-8-29(34)35/h9-12,14,16,18,20,25,27H,3-8,13,15,17,19,21H2,1-2H3,(H-,30,33,34,35)/p+1/b18-12+. The molecule has 1 aromatic carbocycles. The van der Waals surface area contributed by atoms with Gasteiger partial charge in [0.1, 0.15) is 0 Å². The number of hydrogen-bond acceptors (Lipinski definition) is 4. The van der Waals surface area contributed by atoms with Gasteiger partial charge in [-0.15, -0.1) is 0 Å². The van der Waals surface area contributed by atoms with Gasteiger partial charge in [-0.2, -0.15) is 0 Å². The molecule has 3 rings (SSSR count). The molecule has 2 unspecified atom stereocenters. The summed E-state index contributed by atoms with van der Waals surface area (Å²) in [6.45, 7) is 7.36. The van der Waals surface area contributed by atoms with Gasteiger partial charge in [0, 0.05) is 52.3 Å². The summed E-state index contributed by atoms with van der Waals surface area (Å²) >= 11 is 0. The van der Waals surface area contributed by atoms with E-state index < -0.39 is 5.97 Å². The topological polar surface area (TPSA) is 89.7 Å². The zero-order chi connectivity index (χ0) is 25.9. The van der Waals surface area contributed by atoms with Crippen LogP contribution < -0.4 is 5.32 Å². The predicted molar refractivity (Wildman–Crippen MR) is 143 cm³/mol. The van der Waals surface area contributed by atoms with Crippen LogP contribution in [0, 0.1) is 4.91 Å². The number of aliphatic carboxylic acids is 1. The summed E-state index contributed by atoms with van der Waals surface area (Å²) in [5.74, 6) is -0.942. The molecule has 2 aliphatic carbocycles. The van der Waals surface area contributed by atoms with E-state index in [1.807, 2.05) is 12.1 Å². The Bertz CT molecular complexity index is 1020. The van der Waals surface area contributed by atoms with E-state index >= 15 is 0 Å². The van der Waals surface area contributed by atoms with Crippen molar-refractivity contribution in [1.29, 1.82) is 0 Å². The van der Waals surface area contributed by atoms with Crippen molar-refractivity contribution in [3.8, 4) is 0 Å². The molecule has 0 fully saturated rings. The predicted octanol–water partition coefficient (Wildman–Crippen LogP) is 4.82. The highest BCUT2D eigenvalue weighted by molar-refractivity contribution is 5.91. The zero-order valence-corrected chi connectivity index (χ0v) is 21.6. The number of amides is 1. The Morgan fingerprint density at radius 1 is 1.19 bits per heavy atom. The molecule has 1 aromatic rings. The average molecular weight is 495 g/mol. The maximum Gasteiger partial charge on any atom is 0.303 e. The summed E-state index contributed by atoms with van der Waals surface area (Å²) < 4.78 is 1.22. The molecule has 0 radical (unpaired) electrons. The van der Waals surface area contributed by atoms with Crippen molar-refractivity contribution in [3.63, 3.8) is 0 Å². The molecule has 194 valence electrons. The average Bonchev–Trinajstić information content (AvgIpc) is 3.30. The van der Waals surface area contributed by atoms with Gasteiger partial charge >= 0.3 is 5.97 Å². The third kappa shape index (κ3) is 7.98. The third-order valence-corrected chi connectivity index (χ3v) is 7.13. The molecule has 7 nitrogen and oxygen atoms in total. The Labute approximate surface area is 214 Å². The van der Waals surface area contributed by atoms with Gasteiger partial charge in [0.15, 0.2) is 0 Å². The van der Waals surface area contributed by atoms with Crippen molar-refractivity contribution >= 4 is 18.0 Å². The Balaban J connectivity index is 1.47. The first-order valence-corrected chi connectivity index (χ1v) is 13.3. The number of rotatable bonds is 14. The fraction of sp³-hybridized carbons (Fsp3) is 0.517. The van der Waals surface area contributed by atoms with Crippen molar-refractivity contribution in [2.45, 2.75) is 70.9 Å². The van der Waals surface area contributed by atoms with Crippen LogP contribution in [0.25, 0.3) is 6.08 Å². The number of carboxylic acid groups (broad SMARTS) is 1. The number of unbranched alkanes of at least 4 members (excludes halogenated alkanes) is 2. The van der Waals surface area contributed by atoms with E-state index in [9.17, 15) is 14.5 Å². The number of fused-ring (bicyclic) bond motifs is 1. The van der Waals surface area contributed by atoms with Gasteiger partial charge in [-0.25, -0.2) is 0 Å². The molecule has 0 aliphatic heterocycles. The third-order valence-electron chi connectivity index (χ3n) is 7.13. The summed E-state index contributed by atoms with van der Waals surface area (Å²) in [6, 6.07) is 6.37. The number of benzene rings is 1. The van der Waals surface area contributed by atoms with Crippen LogP contribution in [0.3, 0.4) is 0 Å². The number of nitrogens with one attached hydrogen (secondary N) is 1. The number of carboxylic acids is 1. The van der Waals surface area contributed by atoms with Crippen LogP contribution in [0.5, 0.6) is 0 Å². The lowest BCUT2D eigenvalue weighted by Gasteiger charge is -2.28. The van der Waals surface area contributed by atoms with Crippen LogP contribution in [0.2, 0.25) is 0 Å². The highest BCUT2D eigenvalue weighted by Crippen LogP contribution is 2.35. The summed E-state index contributed by atoms with van der Waals surface area (Å²) in [5, 5.41) is 11.5. The maximum absolute atomic E-state index is 13.0. The highest BCUT2D eigenvalue weighted by Gasteiger charge is 2.34. The lowest BCUT2D eigenvalue weighted by atomic mass is 10.0. The van der Waals surface area contributed by atoms with Crippen LogP contribution in [0.1, 0.15) is 75.1 Å². The fourth-order valence-electron chi connectivity index (χ4n) is 5.06. The second-order valence-corrected chi connectivity index (χ2v) is 9.58. The highest BCUT2D eigenvalue weighted by atomic mass is 16.4. The number of nitrogens with zero attached hydrogens (tertiary/aromatic N) is 2. The van der Waals surface area contributed by atoms with Crippen molar-refractivity contribution in [3.05, 3.63) is 69.7 Å². The van der Waals surface area contributed by atoms with E-state index in [1.54, 1.807) is 6.08 Å². The number of nitroso groups, excluding NO2 is 1. The molecule has 2 N–H and O–H groups in total. The fourth-order valence-corrected chi connectivity index (χ4v) is 5.06. The molecule has 2 aliphatic rings. The molecule has 0 spiro atoms. The summed E-state index contributed by atoms with van der Waals surface area (Å²) in [6.07, 6.45) is 14.9. The van der Waals surface area contributed by atoms with Gasteiger partial charge in [0.2, 0.25) is 18.5 Å². The quantitative estimate of drug-likeness (QED) is 0.220. The molecular weight excluding hydrogens is 454 g/mol. The minimum absolute atomic E-state index is 0.128. The van der Waals surface area contributed by atoms with Crippen LogP contribution >= 0.6 is 0 Å². The van der Waals surface area contributed by atoms with E-state index in [4.69, 9.17) is 5.11 Å². The van der Waals surface area contributed by atoms with Gasteiger partial charge in [-0.3, -0.25) is 14.5 Å². The Morgan fingerprint density at radius 2 is 2.00 bits per heavy atom. The van der Waals surface area contributed by atoms with Crippen molar-refractivity contribution in [2.24, 2.45) is 0 Å². The zero-order valence-electron chi connectivity index (χ0n) is 21.6. The second-order valence-electron chi connectivity index (χ2n) is 9.58. The minimum Gasteiger partial charge on any atom is -0.481 e. The normalized spacial score (nSPS) is 18.9. The Morgan fingerprint density at radius 3 is 2.69 bits per heavy atom. The largest absolute Gasteiger partial charge is 0.481 e. The maximum atomic E-state index is 13.0. The van der Waals surface area contributed by atoms with Crippen LogP contribution in [0.15, 0.2) is 48.1 Å². The van der Waals surface area contributed by atoms with Gasteiger partial charge < -0.3 is 10.4 Å². The molecule has 0 saturated carbocycles. The molecule has 0 bridgehead atoms. The molecule has 7 heteroatoms. The lowest BCUT2D eigenvalue weighted by Crippen LogP contribution is -2.34. The molecule has 0 heterocycles. The molecule has 2 atom stereocenters. The number of likely N-dealkylation sites (N-methyl/N-ethyl adjacent to an activating group) is 1.